The molecule has 1 heterocycles. The van der Waals surface area contributed by atoms with Crippen LogP contribution in [0.2, 0.25) is 0 Å². The highest BCUT2D eigenvalue weighted by atomic mass is 32.2. The second-order valence-electron chi connectivity index (χ2n) is 4.23. The first-order valence-corrected chi connectivity index (χ1v) is 8.27. The number of benzene rings is 1. The van der Waals surface area contributed by atoms with Crippen LogP contribution in [-0.2, 0) is 10.5 Å². The monoisotopic (exact) mass is 304 g/mol. The van der Waals surface area contributed by atoms with Crippen LogP contribution in [-0.4, -0.2) is 17.9 Å². The summed E-state index contributed by atoms with van der Waals surface area (Å²) in [5.41, 5.74) is 5.07. The van der Waals surface area contributed by atoms with Crippen LogP contribution in [0.5, 0.6) is 0 Å². The number of hydrogen-bond donors (Lipinski definition) is 1. The van der Waals surface area contributed by atoms with E-state index in [1.54, 1.807) is 29.3 Å². The summed E-state index contributed by atoms with van der Waals surface area (Å²) in [6.07, 6.45) is 1.66. The highest BCUT2D eigenvalue weighted by Crippen LogP contribution is 2.15. The first-order valence-electron chi connectivity index (χ1n) is 6.23. The molecule has 0 fully saturated rings. The fourth-order valence-corrected chi connectivity index (χ4v) is 3.07. The highest BCUT2D eigenvalue weighted by Gasteiger charge is 2.02. The second kappa shape index (κ2) is 7.87. The normalized spacial score (nSPS) is 10.8. The summed E-state index contributed by atoms with van der Waals surface area (Å²) < 4.78 is 0. The van der Waals surface area contributed by atoms with Gasteiger partial charge in [-0.05, 0) is 29.5 Å². The molecular weight excluding hydrogens is 288 g/mol. The number of carbonyl (C=O) groups excluding carboxylic acids is 1. The van der Waals surface area contributed by atoms with Crippen LogP contribution in [0.3, 0.4) is 0 Å². The Bertz CT molecular complexity index is 579. The van der Waals surface area contributed by atoms with Crippen molar-refractivity contribution in [1.82, 2.24) is 5.43 Å². The average Bonchev–Trinajstić information content (AvgIpc) is 2.94. The Hall–Kier alpha value is -1.59. The maximum Gasteiger partial charge on any atom is 0.250 e. The fourth-order valence-electron chi connectivity index (χ4n) is 1.59. The van der Waals surface area contributed by atoms with Crippen LogP contribution >= 0.6 is 23.1 Å². The van der Waals surface area contributed by atoms with Gasteiger partial charge in [-0.1, -0.05) is 30.3 Å². The van der Waals surface area contributed by atoms with Crippen LogP contribution in [0.25, 0.3) is 0 Å². The Morgan fingerprint density at radius 3 is 2.95 bits per heavy atom. The minimum absolute atomic E-state index is 0.0728. The Kier molecular flexibility index (Phi) is 5.83. The molecule has 1 N–H and O–H groups in total. The van der Waals surface area contributed by atoms with Crippen molar-refractivity contribution in [3.8, 4) is 0 Å². The van der Waals surface area contributed by atoms with E-state index in [9.17, 15) is 4.79 Å². The van der Waals surface area contributed by atoms with Crippen molar-refractivity contribution in [1.29, 1.82) is 0 Å². The van der Waals surface area contributed by atoms with Crippen LogP contribution in [0.4, 0.5) is 0 Å². The standard InChI is InChI=1S/C15H16N2OS2/c1-12-5-2-3-6-13(12)10-19-11-15(18)17-16-9-14-7-4-8-20-14/h2-9H,10-11H2,1H3,(H,17,18)/b16-9-. The summed E-state index contributed by atoms with van der Waals surface area (Å²) in [7, 11) is 0. The second-order valence-corrected chi connectivity index (χ2v) is 6.19. The predicted octanol–water partition coefficient (Wildman–Crippen LogP) is 3.44. The maximum absolute atomic E-state index is 11.6. The highest BCUT2D eigenvalue weighted by molar-refractivity contribution is 7.99. The average molecular weight is 304 g/mol. The van der Waals surface area contributed by atoms with Crippen molar-refractivity contribution in [2.24, 2.45) is 5.10 Å². The van der Waals surface area contributed by atoms with Crippen LogP contribution in [0, 0.1) is 6.92 Å². The molecule has 0 aliphatic heterocycles. The number of hydrogen-bond acceptors (Lipinski definition) is 4. The Morgan fingerprint density at radius 1 is 1.35 bits per heavy atom. The number of carbonyl (C=O) groups is 1. The minimum atomic E-state index is -0.0728. The first kappa shape index (κ1) is 14.8. The van der Waals surface area contributed by atoms with Gasteiger partial charge in [0.05, 0.1) is 12.0 Å². The molecule has 1 aromatic heterocycles. The minimum Gasteiger partial charge on any atom is -0.272 e. The summed E-state index contributed by atoms with van der Waals surface area (Å²) >= 11 is 3.18. The lowest BCUT2D eigenvalue weighted by Crippen LogP contribution is -2.19. The summed E-state index contributed by atoms with van der Waals surface area (Å²) in [6.45, 7) is 2.08. The smallest absolute Gasteiger partial charge is 0.250 e. The van der Waals surface area contributed by atoms with Crippen molar-refractivity contribution in [2.45, 2.75) is 12.7 Å². The topological polar surface area (TPSA) is 41.5 Å². The van der Waals surface area contributed by atoms with Gasteiger partial charge in [0.2, 0.25) is 5.91 Å². The van der Waals surface area contributed by atoms with E-state index in [1.165, 1.54) is 11.1 Å². The van der Waals surface area contributed by atoms with E-state index in [0.29, 0.717) is 5.75 Å². The third kappa shape index (κ3) is 4.83. The van der Waals surface area contributed by atoms with Gasteiger partial charge in [0.25, 0.3) is 0 Å². The number of amides is 1. The molecule has 2 rings (SSSR count). The summed E-state index contributed by atoms with van der Waals surface area (Å²) in [5, 5.41) is 5.90. The summed E-state index contributed by atoms with van der Waals surface area (Å²) in [5.74, 6) is 1.18. The molecule has 0 spiro atoms. The van der Waals surface area contributed by atoms with Crippen molar-refractivity contribution >= 4 is 35.2 Å². The van der Waals surface area contributed by atoms with Crippen LogP contribution in [0.1, 0.15) is 16.0 Å². The third-order valence-electron chi connectivity index (χ3n) is 2.68. The zero-order valence-electron chi connectivity index (χ0n) is 11.2. The largest absolute Gasteiger partial charge is 0.272 e. The van der Waals surface area contributed by atoms with Gasteiger partial charge in [-0.3, -0.25) is 4.79 Å². The first-order chi connectivity index (χ1) is 9.75. The van der Waals surface area contributed by atoms with Gasteiger partial charge in [-0.2, -0.15) is 5.10 Å². The molecule has 0 unspecified atom stereocenters. The SMILES string of the molecule is Cc1ccccc1CSCC(=O)N/N=C\c1cccs1. The number of hydrazone groups is 1. The third-order valence-corrected chi connectivity index (χ3v) is 4.46. The van der Waals surface area contributed by atoms with E-state index in [2.05, 4.69) is 29.6 Å². The summed E-state index contributed by atoms with van der Waals surface area (Å²) in [4.78, 5) is 12.6. The van der Waals surface area contributed by atoms with E-state index in [4.69, 9.17) is 0 Å². The lowest BCUT2D eigenvalue weighted by atomic mass is 10.1. The molecule has 0 aliphatic carbocycles. The van der Waals surface area contributed by atoms with Gasteiger partial charge >= 0.3 is 0 Å². The molecule has 1 aromatic carbocycles. The molecular formula is C15H16N2OS2. The number of aryl methyl sites for hydroxylation is 1. The summed E-state index contributed by atoms with van der Waals surface area (Å²) in [6, 6.07) is 12.1. The van der Waals surface area contributed by atoms with E-state index < -0.39 is 0 Å². The fraction of sp³-hybridized carbons (Fsp3) is 0.200. The van der Waals surface area contributed by atoms with Crippen molar-refractivity contribution in [3.63, 3.8) is 0 Å². The van der Waals surface area contributed by atoms with Crippen molar-refractivity contribution < 1.29 is 4.79 Å². The molecule has 1 amide bonds. The number of rotatable bonds is 6. The van der Waals surface area contributed by atoms with Gasteiger partial charge in [-0.25, -0.2) is 5.43 Å². The van der Waals surface area contributed by atoms with E-state index >= 15 is 0 Å². The van der Waals surface area contributed by atoms with E-state index in [-0.39, 0.29) is 5.91 Å². The van der Waals surface area contributed by atoms with Crippen molar-refractivity contribution in [3.05, 3.63) is 57.8 Å². The number of nitrogens with zero attached hydrogens (tertiary/aromatic N) is 1. The molecule has 0 aliphatic rings. The van der Waals surface area contributed by atoms with Gasteiger partial charge in [0, 0.05) is 10.6 Å². The van der Waals surface area contributed by atoms with Crippen LogP contribution in [0.15, 0.2) is 46.9 Å². The van der Waals surface area contributed by atoms with E-state index in [1.807, 2.05) is 29.6 Å². The zero-order valence-corrected chi connectivity index (χ0v) is 12.8. The van der Waals surface area contributed by atoms with E-state index in [0.717, 1.165) is 10.6 Å². The quantitative estimate of drug-likeness (QED) is 0.656. The lowest BCUT2D eigenvalue weighted by Gasteiger charge is -2.04. The molecule has 2 aromatic rings. The van der Waals surface area contributed by atoms with Gasteiger partial charge in [0.1, 0.15) is 0 Å². The number of thioether (sulfide) groups is 1. The van der Waals surface area contributed by atoms with Gasteiger partial charge < -0.3 is 0 Å². The molecule has 3 nitrogen and oxygen atoms in total. The molecule has 0 bridgehead atoms. The zero-order chi connectivity index (χ0) is 14.2. The Morgan fingerprint density at radius 2 is 2.20 bits per heavy atom. The molecule has 20 heavy (non-hydrogen) atoms. The Labute approximate surface area is 127 Å². The molecule has 0 saturated heterocycles. The number of nitrogens with one attached hydrogen (secondary N) is 1. The Balaban J connectivity index is 1.69. The van der Waals surface area contributed by atoms with Crippen LogP contribution < -0.4 is 5.43 Å². The number of thiophene rings is 1. The molecule has 104 valence electrons. The molecule has 0 saturated carbocycles. The van der Waals surface area contributed by atoms with Crippen molar-refractivity contribution in [2.75, 3.05) is 5.75 Å². The molecule has 5 heteroatoms. The lowest BCUT2D eigenvalue weighted by molar-refractivity contribution is -0.118. The van der Waals surface area contributed by atoms with Gasteiger partial charge in [0.15, 0.2) is 0 Å². The van der Waals surface area contributed by atoms with Gasteiger partial charge in [-0.15, -0.1) is 23.1 Å². The molecule has 0 radical (unpaired) electrons. The predicted molar refractivity (Wildman–Crippen MR) is 87.4 cm³/mol. The molecule has 0 atom stereocenters. The maximum atomic E-state index is 11.6.